The van der Waals surface area contributed by atoms with Crippen molar-refractivity contribution in [3.63, 3.8) is 0 Å². The molecule has 2 N–H and O–H groups in total. The van der Waals surface area contributed by atoms with Crippen LogP contribution in [0.5, 0.6) is 0 Å². The van der Waals surface area contributed by atoms with Crippen molar-refractivity contribution in [2.45, 2.75) is 25.3 Å². The number of carbonyl (C=O) groups excluding carboxylic acids is 1. The number of nitrogens with one attached hydrogen (secondary N) is 1. The molecule has 0 aliphatic carbocycles. The van der Waals surface area contributed by atoms with Crippen LogP contribution in [-0.4, -0.2) is 41.0 Å². The van der Waals surface area contributed by atoms with Gasteiger partial charge in [-0.05, 0) is 67.1 Å². The van der Waals surface area contributed by atoms with Gasteiger partial charge >= 0.3 is 5.97 Å². The Morgan fingerprint density at radius 1 is 1.06 bits per heavy atom. The minimum atomic E-state index is -1.06. The van der Waals surface area contributed by atoms with Crippen LogP contribution in [0.2, 0.25) is 10.0 Å². The van der Waals surface area contributed by atoms with Crippen molar-refractivity contribution in [2.24, 2.45) is 0 Å². The lowest BCUT2D eigenvalue weighted by atomic mass is 10.0. The molecule has 0 saturated carbocycles. The Labute approximate surface area is 227 Å². The molecule has 2 aromatic carbocycles. The summed E-state index contributed by atoms with van der Waals surface area (Å²) >= 11 is 15.7. The minimum absolute atomic E-state index is 0.138. The molecule has 1 fully saturated rings. The Morgan fingerprint density at radius 2 is 1.79 bits per heavy atom. The summed E-state index contributed by atoms with van der Waals surface area (Å²) < 4.78 is 0. The highest BCUT2D eigenvalue weighted by Crippen LogP contribution is 2.40. The number of alkyl halides is 1. The Hall–Kier alpha value is -1.65. The number of nitrogens with zero attached hydrogens (tertiary/aromatic N) is 1. The Bertz CT molecular complexity index is 1130. The van der Waals surface area contributed by atoms with Crippen LogP contribution in [0.25, 0.3) is 10.4 Å². The van der Waals surface area contributed by atoms with E-state index in [1.54, 1.807) is 17.0 Å². The Balaban J connectivity index is 0.00000158. The first-order valence-corrected chi connectivity index (χ1v) is 14.5. The van der Waals surface area contributed by atoms with Crippen LogP contribution >= 0.6 is 57.1 Å². The number of rotatable bonds is 5. The second-order valence-electron chi connectivity index (χ2n) is 7.63. The normalized spacial score (nSPS) is 15.6. The van der Waals surface area contributed by atoms with Gasteiger partial charge in [-0.2, -0.15) is 0 Å². The van der Waals surface area contributed by atoms with E-state index in [1.165, 1.54) is 17.4 Å². The van der Waals surface area contributed by atoms with Crippen LogP contribution in [0.3, 0.4) is 0 Å². The maximum absolute atomic E-state index is 13.8. The Morgan fingerprint density at radius 3 is 2.47 bits per heavy atom. The predicted octanol–water partition coefficient (Wildman–Crippen LogP) is 7.26. The predicted molar refractivity (Wildman–Crippen MR) is 150 cm³/mol. The number of aromatic carboxylic acids is 1. The van der Waals surface area contributed by atoms with E-state index in [4.69, 9.17) is 23.2 Å². The molecule has 9 heteroatoms. The van der Waals surface area contributed by atoms with Gasteiger partial charge < -0.3 is 15.3 Å². The van der Waals surface area contributed by atoms with Gasteiger partial charge in [-0.15, -0.1) is 11.3 Å². The van der Waals surface area contributed by atoms with Crippen LogP contribution in [0.15, 0.2) is 54.6 Å². The van der Waals surface area contributed by atoms with Gasteiger partial charge in [-0.1, -0.05) is 76.1 Å². The van der Waals surface area contributed by atoms with Crippen molar-refractivity contribution in [3.8, 4) is 10.4 Å². The second kappa shape index (κ2) is 12.9. The smallest absolute Gasteiger partial charge is 0.348 e. The number of amides is 1. The average molecular weight is 631 g/mol. The molecule has 0 bridgehead atoms. The summed E-state index contributed by atoms with van der Waals surface area (Å²) in [5.41, 5.74) is 1.62. The van der Waals surface area contributed by atoms with Crippen molar-refractivity contribution >= 4 is 74.7 Å². The highest BCUT2D eigenvalue weighted by atomic mass is 127. The van der Waals surface area contributed by atoms with Crippen molar-refractivity contribution in [2.75, 3.05) is 22.9 Å². The highest BCUT2D eigenvalue weighted by molar-refractivity contribution is 14.1. The van der Waals surface area contributed by atoms with Gasteiger partial charge in [0.1, 0.15) is 4.88 Å². The minimum Gasteiger partial charge on any atom is -0.477 e. The first kappa shape index (κ1) is 26.9. The summed E-state index contributed by atoms with van der Waals surface area (Å²) in [5, 5.41) is 14.0. The average Bonchev–Trinajstić information content (AvgIpc) is 3.10. The third-order valence-corrected chi connectivity index (χ3v) is 7.22. The molecule has 0 spiro atoms. The van der Waals surface area contributed by atoms with E-state index < -0.39 is 5.97 Å². The van der Waals surface area contributed by atoms with Crippen molar-refractivity contribution in [1.29, 1.82) is 0 Å². The van der Waals surface area contributed by atoms with Gasteiger partial charge in [-0.25, -0.2) is 4.79 Å². The van der Waals surface area contributed by atoms with E-state index in [1.807, 2.05) is 41.3 Å². The van der Waals surface area contributed by atoms with E-state index in [2.05, 4.69) is 27.9 Å². The van der Waals surface area contributed by atoms with E-state index in [-0.39, 0.29) is 21.8 Å². The molecule has 1 saturated heterocycles. The SMILES string of the molecule is CI.O=C(O)c1sc(-c2ccccc2)cc1N(C(=O)c1ccc(Cl)cc1Cl)C1CCCNCC1. The number of halogens is 3. The quantitative estimate of drug-likeness (QED) is 0.230. The molecule has 1 aliphatic heterocycles. The molecule has 3 aromatic rings. The van der Waals surface area contributed by atoms with Crippen molar-refractivity contribution < 1.29 is 14.7 Å². The fourth-order valence-corrected chi connectivity index (χ4v) is 5.46. The lowest BCUT2D eigenvalue weighted by Gasteiger charge is -2.31. The zero-order chi connectivity index (χ0) is 24.7. The summed E-state index contributed by atoms with van der Waals surface area (Å²) in [5.74, 6) is -1.38. The number of hydrogen-bond acceptors (Lipinski definition) is 4. The number of thiophene rings is 1. The topological polar surface area (TPSA) is 69.6 Å². The lowest BCUT2D eigenvalue weighted by molar-refractivity contribution is 0.0703. The summed E-state index contributed by atoms with van der Waals surface area (Å²) in [6.07, 6.45) is 2.37. The number of hydrogen-bond donors (Lipinski definition) is 2. The molecule has 180 valence electrons. The van der Waals surface area contributed by atoms with E-state index in [9.17, 15) is 14.7 Å². The fraction of sp³-hybridized carbons (Fsp3) is 0.280. The molecule has 1 aliphatic rings. The third-order valence-electron chi connectivity index (χ3n) is 5.52. The molecule has 4 rings (SSSR count). The van der Waals surface area contributed by atoms with Crippen LogP contribution in [0, 0.1) is 0 Å². The molecule has 1 aromatic heterocycles. The number of carbonyl (C=O) groups is 2. The molecular formula is C25H25Cl2IN2O3S. The number of carboxylic acids is 1. The maximum atomic E-state index is 13.8. The molecule has 2 heterocycles. The summed E-state index contributed by atoms with van der Waals surface area (Å²) in [6, 6.07) is 16.0. The molecular weight excluding hydrogens is 606 g/mol. The van der Waals surface area contributed by atoms with Crippen molar-refractivity contribution in [3.05, 3.63) is 75.1 Å². The summed E-state index contributed by atoms with van der Waals surface area (Å²) in [6.45, 7) is 1.62. The van der Waals surface area contributed by atoms with Gasteiger partial charge in [0.05, 0.1) is 16.3 Å². The molecule has 1 atom stereocenters. The third kappa shape index (κ3) is 6.31. The van der Waals surface area contributed by atoms with Gasteiger partial charge in [0, 0.05) is 15.9 Å². The largest absolute Gasteiger partial charge is 0.477 e. The number of carboxylic acid groups (broad SMARTS) is 1. The van der Waals surface area contributed by atoms with Gasteiger partial charge in [-0.3, -0.25) is 4.79 Å². The van der Waals surface area contributed by atoms with Crippen molar-refractivity contribution in [1.82, 2.24) is 5.32 Å². The number of anilines is 1. The van der Waals surface area contributed by atoms with Gasteiger partial charge in [0.2, 0.25) is 0 Å². The molecule has 5 nitrogen and oxygen atoms in total. The molecule has 1 unspecified atom stereocenters. The maximum Gasteiger partial charge on any atom is 0.348 e. The molecule has 34 heavy (non-hydrogen) atoms. The first-order valence-electron chi connectivity index (χ1n) is 10.8. The zero-order valence-electron chi connectivity index (χ0n) is 18.6. The van der Waals surface area contributed by atoms with E-state index in [0.717, 1.165) is 36.4 Å². The zero-order valence-corrected chi connectivity index (χ0v) is 23.0. The van der Waals surface area contributed by atoms with E-state index >= 15 is 0 Å². The van der Waals surface area contributed by atoms with Crippen LogP contribution in [0.4, 0.5) is 5.69 Å². The van der Waals surface area contributed by atoms with Gasteiger partial charge in [0.25, 0.3) is 5.91 Å². The lowest BCUT2D eigenvalue weighted by Crippen LogP contribution is -2.41. The van der Waals surface area contributed by atoms with Gasteiger partial charge in [0.15, 0.2) is 0 Å². The van der Waals surface area contributed by atoms with E-state index in [0.29, 0.717) is 22.7 Å². The summed E-state index contributed by atoms with van der Waals surface area (Å²) in [7, 11) is 0. The first-order chi connectivity index (χ1) is 16.5. The van der Waals surface area contributed by atoms with Crippen LogP contribution in [-0.2, 0) is 0 Å². The van der Waals surface area contributed by atoms with Crippen LogP contribution in [0.1, 0.15) is 39.3 Å². The summed E-state index contributed by atoms with van der Waals surface area (Å²) in [4.78, 5) is 30.5. The molecule has 0 radical (unpaired) electrons. The van der Waals surface area contributed by atoms with Crippen LogP contribution < -0.4 is 10.2 Å². The standard InChI is InChI=1S/C24H22Cl2N2O3S.CH3I/c25-16-8-9-18(19(26)13-16)23(29)28(17-7-4-11-27-12-10-17)20-14-21(32-22(20)24(30)31)15-5-2-1-3-6-15;1-2/h1-3,5-6,8-9,13-14,17,27H,4,7,10-12H2,(H,30,31);1H3. The number of benzene rings is 2. The Kier molecular flexibility index (Phi) is 10.2. The monoisotopic (exact) mass is 630 g/mol. The highest BCUT2D eigenvalue weighted by Gasteiger charge is 2.33. The second-order valence-corrected chi connectivity index (χ2v) is 9.53. The molecule has 1 amide bonds. The fourth-order valence-electron chi connectivity index (χ4n) is 3.98.